The highest BCUT2D eigenvalue weighted by molar-refractivity contribution is 5.17. The molecule has 2 aromatic rings. The molecule has 1 aliphatic rings. The average molecular weight is 271 g/mol. The van der Waals surface area contributed by atoms with Crippen molar-refractivity contribution in [3.63, 3.8) is 0 Å². The molecule has 1 aromatic carbocycles. The Labute approximate surface area is 119 Å². The number of hydrogen-bond acceptors (Lipinski definition) is 3. The van der Waals surface area contributed by atoms with Gasteiger partial charge in [0.1, 0.15) is 0 Å². The normalized spacial score (nSPS) is 21.1. The van der Waals surface area contributed by atoms with Crippen molar-refractivity contribution in [2.45, 2.75) is 31.5 Å². The molecule has 1 N–H and O–H groups in total. The Bertz CT molecular complexity index is 512. The molecule has 3 rings (SSSR count). The van der Waals surface area contributed by atoms with Gasteiger partial charge in [0.25, 0.3) is 0 Å². The van der Waals surface area contributed by atoms with Crippen LogP contribution in [0.5, 0.6) is 0 Å². The third kappa shape index (κ3) is 3.08. The summed E-state index contributed by atoms with van der Waals surface area (Å²) < 4.78 is 1.98. The minimum absolute atomic E-state index is 0.408. The molecule has 20 heavy (non-hydrogen) atoms. The number of hydrogen-bond donors (Lipinski definition) is 1. The highest BCUT2D eigenvalue weighted by Crippen LogP contribution is 2.22. The van der Waals surface area contributed by atoms with Crippen molar-refractivity contribution in [2.75, 3.05) is 13.1 Å². The van der Waals surface area contributed by atoms with Gasteiger partial charge < -0.3 is 5.11 Å². The van der Waals surface area contributed by atoms with Gasteiger partial charge in [-0.2, -0.15) is 5.10 Å². The number of nitrogens with zero attached hydrogens (tertiary/aromatic N) is 3. The van der Waals surface area contributed by atoms with Crippen molar-refractivity contribution in [1.82, 2.24) is 14.7 Å². The fourth-order valence-corrected chi connectivity index (χ4v) is 2.97. The topological polar surface area (TPSA) is 41.3 Å². The molecular weight excluding hydrogens is 250 g/mol. The van der Waals surface area contributed by atoms with Gasteiger partial charge in [-0.05, 0) is 31.0 Å². The van der Waals surface area contributed by atoms with Crippen molar-refractivity contribution < 1.29 is 5.11 Å². The smallest absolute Gasteiger partial charge is 0.0917 e. The number of β-amino-alcohol motifs (C(OH)–C–C–N with tert-alkyl or cyclic N) is 1. The Hall–Kier alpha value is -1.65. The zero-order valence-electron chi connectivity index (χ0n) is 11.6. The first kappa shape index (κ1) is 13.3. The number of rotatable bonds is 5. The molecule has 0 unspecified atom stereocenters. The standard InChI is InChI=1S/C16H21N3O/c20-16(14-6-2-1-3-7-14)13-18-10-4-8-15(18)12-19-11-5-9-17-19/h1-3,5-7,9,11,15-16,20H,4,8,10,12-13H2/t15-,16+/m0/s1. The van der Waals surface area contributed by atoms with Crippen molar-refractivity contribution in [1.29, 1.82) is 0 Å². The molecule has 0 aliphatic carbocycles. The maximum Gasteiger partial charge on any atom is 0.0917 e. The van der Waals surface area contributed by atoms with Gasteiger partial charge in [0, 0.05) is 25.0 Å². The molecule has 2 atom stereocenters. The van der Waals surface area contributed by atoms with Crippen LogP contribution in [0.4, 0.5) is 0 Å². The van der Waals surface area contributed by atoms with Crippen molar-refractivity contribution in [3.8, 4) is 0 Å². The highest BCUT2D eigenvalue weighted by atomic mass is 16.3. The molecule has 0 radical (unpaired) electrons. The molecule has 1 saturated heterocycles. The van der Waals surface area contributed by atoms with Crippen molar-refractivity contribution in [2.24, 2.45) is 0 Å². The number of aromatic nitrogens is 2. The molecule has 0 saturated carbocycles. The Kier molecular flexibility index (Phi) is 4.14. The molecule has 0 spiro atoms. The summed E-state index contributed by atoms with van der Waals surface area (Å²) in [6, 6.07) is 12.3. The lowest BCUT2D eigenvalue weighted by molar-refractivity contribution is 0.100. The van der Waals surface area contributed by atoms with Crippen LogP contribution in [-0.2, 0) is 6.54 Å². The van der Waals surface area contributed by atoms with Gasteiger partial charge in [0.15, 0.2) is 0 Å². The zero-order chi connectivity index (χ0) is 13.8. The molecule has 0 amide bonds. The van der Waals surface area contributed by atoms with Crippen LogP contribution in [0.2, 0.25) is 0 Å². The molecule has 106 valence electrons. The van der Waals surface area contributed by atoms with E-state index < -0.39 is 6.10 Å². The summed E-state index contributed by atoms with van der Waals surface area (Å²) in [6.07, 6.45) is 5.80. The Balaban J connectivity index is 1.61. The van der Waals surface area contributed by atoms with Crippen LogP contribution >= 0.6 is 0 Å². The third-order valence-corrected chi connectivity index (χ3v) is 4.05. The van der Waals surface area contributed by atoms with Gasteiger partial charge >= 0.3 is 0 Å². The van der Waals surface area contributed by atoms with Gasteiger partial charge in [-0.15, -0.1) is 0 Å². The van der Waals surface area contributed by atoms with Crippen molar-refractivity contribution >= 4 is 0 Å². The monoisotopic (exact) mass is 271 g/mol. The van der Waals surface area contributed by atoms with Crippen LogP contribution in [0.1, 0.15) is 24.5 Å². The first-order valence-corrected chi connectivity index (χ1v) is 7.27. The van der Waals surface area contributed by atoms with E-state index in [0.29, 0.717) is 12.6 Å². The van der Waals surface area contributed by atoms with Gasteiger partial charge in [0.2, 0.25) is 0 Å². The predicted octanol–water partition coefficient (Wildman–Crippen LogP) is 2.08. The maximum atomic E-state index is 10.4. The summed E-state index contributed by atoms with van der Waals surface area (Å²) in [7, 11) is 0. The predicted molar refractivity (Wildman–Crippen MR) is 78.2 cm³/mol. The minimum Gasteiger partial charge on any atom is -0.387 e. The lowest BCUT2D eigenvalue weighted by atomic mass is 10.1. The quantitative estimate of drug-likeness (QED) is 0.905. The largest absolute Gasteiger partial charge is 0.387 e. The summed E-state index contributed by atoms with van der Waals surface area (Å²) >= 11 is 0. The molecular formula is C16H21N3O. The molecule has 0 bridgehead atoms. The molecule has 1 aliphatic heterocycles. The van der Waals surface area contributed by atoms with E-state index in [2.05, 4.69) is 10.00 Å². The fraction of sp³-hybridized carbons (Fsp3) is 0.438. The second-order valence-electron chi connectivity index (χ2n) is 5.45. The Morgan fingerprint density at radius 1 is 1.25 bits per heavy atom. The number of aliphatic hydroxyl groups is 1. The van der Waals surface area contributed by atoms with Crippen LogP contribution in [0.25, 0.3) is 0 Å². The van der Waals surface area contributed by atoms with Gasteiger partial charge in [0.05, 0.1) is 12.6 Å². The minimum atomic E-state index is -0.408. The Morgan fingerprint density at radius 3 is 2.85 bits per heavy atom. The van der Waals surface area contributed by atoms with Crippen LogP contribution in [0.3, 0.4) is 0 Å². The van der Waals surface area contributed by atoms with Gasteiger partial charge in [-0.3, -0.25) is 9.58 Å². The highest BCUT2D eigenvalue weighted by Gasteiger charge is 2.26. The summed E-state index contributed by atoms with van der Waals surface area (Å²) in [4.78, 5) is 2.39. The number of likely N-dealkylation sites (tertiary alicyclic amines) is 1. The summed E-state index contributed by atoms with van der Waals surface area (Å²) in [6.45, 7) is 2.68. The second kappa shape index (κ2) is 6.20. The van der Waals surface area contributed by atoms with Crippen molar-refractivity contribution in [3.05, 3.63) is 54.4 Å². The molecule has 1 fully saturated rings. The fourth-order valence-electron chi connectivity index (χ4n) is 2.97. The number of benzene rings is 1. The summed E-state index contributed by atoms with van der Waals surface area (Å²) in [5.74, 6) is 0. The van der Waals surface area contributed by atoms with E-state index in [4.69, 9.17) is 0 Å². The molecule has 4 heteroatoms. The van der Waals surface area contributed by atoms with E-state index in [1.807, 2.05) is 53.5 Å². The van der Waals surface area contributed by atoms with Crippen LogP contribution < -0.4 is 0 Å². The molecule has 1 aromatic heterocycles. The summed E-state index contributed by atoms with van der Waals surface area (Å²) in [5.41, 5.74) is 0.997. The second-order valence-corrected chi connectivity index (χ2v) is 5.45. The van der Waals surface area contributed by atoms with Crippen LogP contribution in [0, 0.1) is 0 Å². The zero-order valence-corrected chi connectivity index (χ0v) is 11.6. The molecule has 2 heterocycles. The number of aliphatic hydroxyl groups excluding tert-OH is 1. The van der Waals surface area contributed by atoms with Gasteiger partial charge in [-0.1, -0.05) is 30.3 Å². The van der Waals surface area contributed by atoms with Crippen LogP contribution in [-0.4, -0.2) is 38.9 Å². The lowest BCUT2D eigenvalue weighted by Gasteiger charge is -2.27. The molecule has 4 nitrogen and oxygen atoms in total. The summed E-state index contributed by atoms with van der Waals surface area (Å²) in [5, 5.41) is 14.6. The maximum absolute atomic E-state index is 10.4. The first-order chi connectivity index (χ1) is 9.83. The van der Waals surface area contributed by atoms with E-state index in [1.165, 1.54) is 12.8 Å². The van der Waals surface area contributed by atoms with E-state index in [-0.39, 0.29) is 0 Å². The first-order valence-electron chi connectivity index (χ1n) is 7.27. The average Bonchev–Trinajstić information content (AvgIpc) is 3.13. The van der Waals surface area contributed by atoms with E-state index in [9.17, 15) is 5.11 Å². The third-order valence-electron chi connectivity index (χ3n) is 4.05. The lowest BCUT2D eigenvalue weighted by Crippen LogP contribution is -2.36. The van der Waals surface area contributed by atoms with E-state index in [0.717, 1.165) is 18.7 Å². The van der Waals surface area contributed by atoms with E-state index in [1.54, 1.807) is 0 Å². The Morgan fingerprint density at radius 2 is 2.10 bits per heavy atom. The SMILES string of the molecule is O[C@H](CN1CCC[C@H]1Cn1cccn1)c1ccccc1. The van der Waals surface area contributed by atoms with Gasteiger partial charge in [-0.25, -0.2) is 0 Å². The van der Waals surface area contributed by atoms with E-state index >= 15 is 0 Å². The van der Waals surface area contributed by atoms with Crippen LogP contribution in [0.15, 0.2) is 48.8 Å².